The van der Waals surface area contributed by atoms with E-state index < -0.39 is 48.8 Å². The van der Waals surface area contributed by atoms with Gasteiger partial charge >= 0.3 is 357 Å². The molecule has 0 saturated heterocycles. The van der Waals surface area contributed by atoms with Crippen LogP contribution in [0.3, 0.4) is 0 Å². The Morgan fingerprint density at radius 1 is 0.448 bits per heavy atom. The maximum absolute atomic E-state index is 4.84. The van der Waals surface area contributed by atoms with Gasteiger partial charge in [0, 0.05) is 0 Å². The molecule has 0 amide bonds. The third kappa shape index (κ3) is 7.93. The van der Waals surface area contributed by atoms with Crippen LogP contribution in [0.5, 0.6) is 0 Å². The number of fused-ring (bicyclic) bond motifs is 2. The molecule has 0 fully saturated rings. The van der Waals surface area contributed by atoms with Crippen LogP contribution < -0.4 is 20.7 Å². The van der Waals surface area contributed by atoms with Gasteiger partial charge in [-0.1, -0.05) is 0 Å². The van der Waals surface area contributed by atoms with Gasteiger partial charge in [0.15, 0.2) is 0 Å². The van der Waals surface area contributed by atoms with Crippen molar-refractivity contribution in [2.45, 2.75) is 106 Å². The first-order valence-electron chi connectivity index (χ1n) is 22.0. The summed E-state index contributed by atoms with van der Waals surface area (Å²) in [6, 6.07) is 41.1. The summed E-state index contributed by atoms with van der Waals surface area (Å²) in [4.78, 5) is 0. The van der Waals surface area contributed by atoms with Crippen LogP contribution in [0.1, 0.15) is 35.2 Å². The van der Waals surface area contributed by atoms with Gasteiger partial charge in [0.2, 0.25) is 0 Å². The first-order chi connectivity index (χ1) is 26.7. The van der Waals surface area contributed by atoms with Crippen molar-refractivity contribution in [1.29, 1.82) is 0 Å². The molecule has 2 aliphatic carbocycles. The van der Waals surface area contributed by atoms with Crippen LogP contribution in [0.2, 0.25) is 92.6 Å². The molecule has 0 N–H and O–H groups in total. The van der Waals surface area contributed by atoms with E-state index in [0.717, 1.165) is 6.42 Å². The minimum absolute atomic E-state index is 0.350. The van der Waals surface area contributed by atoms with Gasteiger partial charge < -0.3 is 0 Å². The predicted octanol–water partition coefficient (Wildman–Crippen LogP) is 13.5. The van der Waals surface area contributed by atoms with E-state index in [0.29, 0.717) is 7.35 Å². The van der Waals surface area contributed by atoms with Gasteiger partial charge in [0.25, 0.3) is 0 Å². The van der Waals surface area contributed by atoms with Crippen molar-refractivity contribution >= 4 is 69.0 Å². The van der Waals surface area contributed by atoms with Gasteiger partial charge in [-0.15, -0.1) is 0 Å². The normalized spacial score (nSPS) is 18.1. The number of allylic oxidation sites excluding steroid dienone is 2. The Morgan fingerprint density at radius 3 is 1.16 bits per heavy atom. The second kappa shape index (κ2) is 14.1. The number of rotatable bonds is 10. The standard InChI is InChI=1S/2C21H27Si2.C8H8.3CH3.Hf/c2*1-22(2,3)18-13-17(14-19(15-18)23(4,5)6)21-12-8-10-16-9-7-11-20(16)21;1-2-8-6-4-3-5-7-8;;;;/h2*7-15H,1-6H3;1,3-7H,2H2;3*1H3;. The van der Waals surface area contributed by atoms with Crippen LogP contribution in [-0.2, 0) is 23.0 Å². The number of hydrogen-bond donors (Lipinski definition) is 0. The summed E-state index contributed by atoms with van der Waals surface area (Å²) in [6.07, 6.45) is 11.4. The van der Waals surface area contributed by atoms with Crippen molar-refractivity contribution in [3.63, 3.8) is 0 Å². The van der Waals surface area contributed by atoms with Gasteiger partial charge in [-0.2, -0.15) is 0 Å². The molecule has 0 saturated carbocycles. The summed E-state index contributed by atoms with van der Waals surface area (Å²) in [7, 11) is -6.18. The molecule has 2 atom stereocenters. The van der Waals surface area contributed by atoms with Crippen molar-refractivity contribution in [2.24, 2.45) is 0 Å². The van der Waals surface area contributed by atoms with Crippen molar-refractivity contribution in [3.05, 3.63) is 143 Å². The Kier molecular flexibility index (Phi) is 10.5. The molecule has 58 heavy (non-hydrogen) atoms. The Hall–Kier alpha value is -2.81. The van der Waals surface area contributed by atoms with E-state index in [1.54, 1.807) is 20.7 Å². The predicted molar refractivity (Wildman–Crippen MR) is 273 cm³/mol. The van der Waals surface area contributed by atoms with Crippen molar-refractivity contribution < 1.29 is 16.5 Å². The van der Waals surface area contributed by atoms with Crippen molar-refractivity contribution in [2.75, 3.05) is 0 Å². The van der Waals surface area contributed by atoms with Crippen LogP contribution in [-0.4, -0.2) is 36.1 Å². The van der Waals surface area contributed by atoms with E-state index in [2.05, 4.69) is 224 Å². The molecule has 0 aromatic heterocycles. The average molecular weight is 999 g/mol. The molecule has 0 nitrogen and oxygen atoms in total. The Labute approximate surface area is 354 Å². The second-order valence-electron chi connectivity index (χ2n) is 24.4. The third-order valence-electron chi connectivity index (χ3n) is 14.4. The van der Waals surface area contributed by atoms with Crippen LogP contribution in [0.15, 0.2) is 115 Å². The number of hydrogen-bond acceptors (Lipinski definition) is 0. The zero-order valence-corrected chi connectivity index (χ0v) is 46.2. The van der Waals surface area contributed by atoms with E-state index in [1.165, 1.54) is 50.1 Å². The quantitative estimate of drug-likeness (QED) is 0.122. The minimum atomic E-state index is -4.84. The molecule has 0 radical (unpaired) electrons. The van der Waals surface area contributed by atoms with Gasteiger partial charge in [0.05, 0.1) is 0 Å². The van der Waals surface area contributed by atoms with E-state index in [4.69, 9.17) is 0 Å². The first-order valence-corrected chi connectivity index (χ1v) is 53.0. The third-order valence-corrected chi connectivity index (χ3v) is 51.5. The Balaban J connectivity index is 1.44. The van der Waals surface area contributed by atoms with Gasteiger partial charge in [-0.25, -0.2) is 0 Å². The molecule has 5 aromatic carbocycles. The molecule has 5 aromatic rings. The zero-order valence-electron chi connectivity index (χ0n) is 38.6. The Bertz CT molecular complexity index is 2360. The van der Waals surface area contributed by atoms with Crippen LogP contribution in [0.25, 0.3) is 34.4 Å². The summed E-state index contributed by atoms with van der Waals surface area (Å²) in [5.74, 6) is 0. The monoisotopic (exact) mass is 999 g/mol. The molecule has 2 unspecified atom stereocenters. The second-order valence-corrected chi connectivity index (χ2v) is 83.7. The Morgan fingerprint density at radius 2 is 0.810 bits per heavy atom. The molecular weight excluding hydrogens is 927 g/mol. The molecule has 0 aliphatic heterocycles. The maximum atomic E-state index is 2.92. The summed E-state index contributed by atoms with van der Waals surface area (Å²) >= 11 is -4.84. The van der Waals surface area contributed by atoms with Crippen LogP contribution >= 0.6 is 0 Å². The van der Waals surface area contributed by atoms with Gasteiger partial charge in [-0.05, 0) is 0 Å². The first kappa shape index (κ1) is 43.3. The summed E-state index contributed by atoms with van der Waals surface area (Å²) < 4.78 is 12.0. The molecule has 0 spiro atoms. The summed E-state index contributed by atoms with van der Waals surface area (Å²) in [5, 5.41) is 6.31. The van der Waals surface area contributed by atoms with E-state index in [-0.39, 0.29) is 0 Å². The summed E-state index contributed by atoms with van der Waals surface area (Å²) in [5.41, 5.74) is 13.0. The van der Waals surface area contributed by atoms with Crippen molar-refractivity contribution in [1.82, 2.24) is 0 Å². The van der Waals surface area contributed by atoms with E-state index >= 15 is 0 Å². The average Bonchev–Trinajstić information content (AvgIpc) is 3.80. The fourth-order valence-electron chi connectivity index (χ4n) is 10.2. The fourth-order valence-corrected chi connectivity index (χ4v) is 39.8. The van der Waals surface area contributed by atoms with E-state index in [1.807, 2.05) is 0 Å². The molecule has 0 heterocycles. The molecule has 2 aliphatic rings. The molecule has 5 heteroatoms. The molecule has 7 rings (SSSR count). The zero-order chi connectivity index (χ0) is 42.3. The van der Waals surface area contributed by atoms with Gasteiger partial charge in [0.1, 0.15) is 0 Å². The van der Waals surface area contributed by atoms with E-state index in [9.17, 15) is 0 Å². The van der Waals surface area contributed by atoms with Crippen LogP contribution in [0, 0.1) is 0 Å². The van der Waals surface area contributed by atoms with Crippen molar-refractivity contribution in [3.8, 4) is 22.3 Å². The van der Waals surface area contributed by atoms with Gasteiger partial charge in [-0.3, -0.25) is 0 Å². The fraction of sp³-hybridized carbons (Fsp3) is 0.340. The molecular formula is C53H71HfSi4. The summed E-state index contributed by atoms with van der Waals surface area (Å²) in [6.45, 7) is 30.0. The SMILES string of the molecule is C[Si](C)(C)c1cc(-c2cccc3c2C=C[CH]3[Hf]([CH3])([CH3])([CH3])(=[CH]Cc2ccccc2)[CH]2C=Cc3c(-c4cc([Si](C)(C)C)cc([Si](C)(C)C)c4)cccc32)cc([Si](C)(C)C)c1. The topological polar surface area (TPSA) is 0 Å². The molecule has 0 bridgehead atoms. The molecule has 303 valence electrons. The van der Waals surface area contributed by atoms with Crippen LogP contribution in [0.4, 0.5) is 0 Å². The number of benzene rings is 5.